The summed E-state index contributed by atoms with van der Waals surface area (Å²) < 4.78 is 4.99. The molecule has 2 N–H and O–H groups in total. The van der Waals surface area contributed by atoms with E-state index in [1.54, 1.807) is 13.2 Å². The third-order valence-corrected chi connectivity index (χ3v) is 4.12. The first-order chi connectivity index (χ1) is 13.7. The Labute approximate surface area is 165 Å². The molecule has 6 nitrogen and oxygen atoms in total. The van der Waals surface area contributed by atoms with E-state index < -0.39 is 0 Å². The Morgan fingerprint density at radius 3 is 2.64 bits per heavy atom. The molecule has 3 aromatic rings. The van der Waals surface area contributed by atoms with Gasteiger partial charge in [-0.1, -0.05) is 36.4 Å². The van der Waals surface area contributed by atoms with E-state index in [1.807, 2.05) is 61.5 Å². The van der Waals surface area contributed by atoms with Gasteiger partial charge in [0.15, 0.2) is 0 Å². The van der Waals surface area contributed by atoms with Gasteiger partial charge < -0.3 is 15.4 Å². The Hall–Kier alpha value is -3.25. The van der Waals surface area contributed by atoms with E-state index in [0.29, 0.717) is 30.4 Å². The first-order valence-corrected chi connectivity index (χ1v) is 9.21. The van der Waals surface area contributed by atoms with E-state index in [-0.39, 0.29) is 5.91 Å². The molecule has 0 saturated carbocycles. The van der Waals surface area contributed by atoms with Crippen LogP contribution in [0.4, 0.5) is 11.5 Å². The maximum absolute atomic E-state index is 12.3. The third kappa shape index (κ3) is 5.37. The summed E-state index contributed by atoms with van der Waals surface area (Å²) in [7, 11) is 1.65. The number of nitrogens with one attached hydrogen (secondary N) is 2. The summed E-state index contributed by atoms with van der Waals surface area (Å²) in [6, 6.07) is 19.2. The molecule has 1 aromatic heterocycles. The van der Waals surface area contributed by atoms with Gasteiger partial charge in [0.1, 0.15) is 11.6 Å². The average Bonchev–Trinajstić information content (AvgIpc) is 2.71. The molecule has 28 heavy (non-hydrogen) atoms. The van der Waals surface area contributed by atoms with Crippen LogP contribution in [0.3, 0.4) is 0 Å². The fourth-order valence-corrected chi connectivity index (χ4v) is 2.80. The molecule has 0 aliphatic carbocycles. The number of aromatic nitrogens is 2. The number of rotatable bonds is 8. The van der Waals surface area contributed by atoms with Crippen LogP contribution >= 0.6 is 0 Å². The number of methoxy groups -OCH3 is 1. The third-order valence-electron chi connectivity index (χ3n) is 4.12. The van der Waals surface area contributed by atoms with Crippen LogP contribution in [-0.4, -0.2) is 36.1 Å². The SMILES string of the molecule is COCCCNC(=O)c1cccc(Nc2cc(-c3ccccc3)nc(C)n2)c1. The van der Waals surface area contributed by atoms with E-state index in [4.69, 9.17) is 4.74 Å². The quantitative estimate of drug-likeness (QED) is 0.582. The Kier molecular flexibility index (Phi) is 6.70. The van der Waals surface area contributed by atoms with Crippen LogP contribution in [0.1, 0.15) is 22.6 Å². The van der Waals surface area contributed by atoms with Crippen molar-refractivity contribution in [3.05, 3.63) is 72.1 Å². The minimum atomic E-state index is -0.108. The number of hydrogen-bond donors (Lipinski definition) is 2. The molecule has 0 aliphatic heterocycles. The minimum Gasteiger partial charge on any atom is -0.385 e. The monoisotopic (exact) mass is 376 g/mol. The van der Waals surface area contributed by atoms with Crippen LogP contribution in [0.25, 0.3) is 11.3 Å². The number of ether oxygens (including phenoxy) is 1. The predicted octanol–water partition coefficient (Wildman–Crippen LogP) is 3.96. The Balaban J connectivity index is 1.74. The number of carbonyl (C=O) groups excluding carboxylic acids is 1. The van der Waals surface area contributed by atoms with E-state index in [9.17, 15) is 4.79 Å². The zero-order valence-electron chi connectivity index (χ0n) is 16.1. The van der Waals surface area contributed by atoms with Crippen molar-refractivity contribution < 1.29 is 9.53 Å². The average molecular weight is 376 g/mol. The number of benzene rings is 2. The van der Waals surface area contributed by atoms with E-state index >= 15 is 0 Å². The van der Waals surface area contributed by atoms with Crippen molar-refractivity contribution in [3.8, 4) is 11.3 Å². The molecule has 1 amide bonds. The lowest BCUT2D eigenvalue weighted by Gasteiger charge is -2.10. The lowest BCUT2D eigenvalue weighted by Crippen LogP contribution is -2.25. The van der Waals surface area contributed by atoms with E-state index in [2.05, 4.69) is 20.6 Å². The molecule has 1 heterocycles. The van der Waals surface area contributed by atoms with Gasteiger partial charge in [0.05, 0.1) is 5.69 Å². The summed E-state index contributed by atoms with van der Waals surface area (Å²) in [5, 5.41) is 6.17. The van der Waals surface area contributed by atoms with Crippen LogP contribution in [-0.2, 0) is 4.74 Å². The van der Waals surface area contributed by atoms with Gasteiger partial charge in [0, 0.05) is 43.1 Å². The zero-order valence-corrected chi connectivity index (χ0v) is 16.1. The summed E-state index contributed by atoms with van der Waals surface area (Å²) in [5.41, 5.74) is 3.26. The molecule has 0 unspecified atom stereocenters. The number of aryl methyl sites for hydroxylation is 1. The maximum Gasteiger partial charge on any atom is 0.251 e. The maximum atomic E-state index is 12.3. The molecule has 0 spiro atoms. The fraction of sp³-hybridized carbons (Fsp3) is 0.227. The van der Waals surface area contributed by atoms with Crippen molar-refractivity contribution in [2.75, 3.05) is 25.6 Å². The van der Waals surface area contributed by atoms with Gasteiger partial charge in [-0.2, -0.15) is 0 Å². The number of anilines is 2. The van der Waals surface area contributed by atoms with Crippen LogP contribution in [0.2, 0.25) is 0 Å². The van der Waals surface area contributed by atoms with Gasteiger partial charge in [0.2, 0.25) is 0 Å². The lowest BCUT2D eigenvalue weighted by atomic mass is 10.1. The Bertz CT molecular complexity index is 929. The summed E-state index contributed by atoms with van der Waals surface area (Å²) in [4.78, 5) is 21.3. The molecular weight excluding hydrogens is 352 g/mol. The fourth-order valence-electron chi connectivity index (χ4n) is 2.80. The second kappa shape index (κ2) is 9.62. The van der Waals surface area contributed by atoms with Gasteiger partial charge in [0.25, 0.3) is 5.91 Å². The second-order valence-electron chi connectivity index (χ2n) is 6.36. The summed E-state index contributed by atoms with van der Waals surface area (Å²) in [6.45, 7) is 3.07. The van der Waals surface area contributed by atoms with Crippen molar-refractivity contribution in [3.63, 3.8) is 0 Å². The highest BCUT2D eigenvalue weighted by atomic mass is 16.5. The Morgan fingerprint density at radius 1 is 1.04 bits per heavy atom. The normalized spacial score (nSPS) is 10.5. The smallest absolute Gasteiger partial charge is 0.251 e. The molecule has 2 aromatic carbocycles. The highest BCUT2D eigenvalue weighted by molar-refractivity contribution is 5.95. The van der Waals surface area contributed by atoms with Gasteiger partial charge in [-0.3, -0.25) is 4.79 Å². The van der Waals surface area contributed by atoms with Crippen LogP contribution < -0.4 is 10.6 Å². The van der Waals surface area contributed by atoms with Crippen molar-refractivity contribution >= 4 is 17.4 Å². The minimum absolute atomic E-state index is 0.108. The van der Waals surface area contributed by atoms with Crippen LogP contribution in [0.15, 0.2) is 60.7 Å². The van der Waals surface area contributed by atoms with Gasteiger partial charge in [-0.15, -0.1) is 0 Å². The standard InChI is InChI=1S/C22H24N4O2/c1-16-24-20(17-8-4-3-5-9-17)15-21(25-16)26-19-11-6-10-18(14-19)22(27)23-12-7-13-28-2/h3-6,8-11,14-15H,7,12-13H2,1-2H3,(H,23,27)(H,24,25,26). The van der Waals surface area contributed by atoms with Gasteiger partial charge in [-0.05, 0) is 31.5 Å². The first kappa shape index (κ1) is 19.5. The largest absolute Gasteiger partial charge is 0.385 e. The van der Waals surface area contributed by atoms with Crippen molar-refractivity contribution in [2.45, 2.75) is 13.3 Å². The van der Waals surface area contributed by atoms with Crippen LogP contribution in [0, 0.1) is 6.92 Å². The summed E-state index contributed by atoms with van der Waals surface area (Å²) in [5.74, 6) is 1.25. The predicted molar refractivity (Wildman–Crippen MR) is 111 cm³/mol. The van der Waals surface area contributed by atoms with E-state index in [0.717, 1.165) is 23.4 Å². The van der Waals surface area contributed by atoms with E-state index in [1.165, 1.54) is 0 Å². The Morgan fingerprint density at radius 2 is 1.86 bits per heavy atom. The number of amides is 1. The zero-order chi connectivity index (χ0) is 19.8. The molecule has 0 atom stereocenters. The van der Waals surface area contributed by atoms with Crippen molar-refractivity contribution in [1.82, 2.24) is 15.3 Å². The molecule has 0 fully saturated rings. The molecular formula is C22H24N4O2. The highest BCUT2D eigenvalue weighted by Gasteiger charge is 2.08. The molecule has 6 heteroatoms. The number of nitrogens with zero attached hydrogens (tertiary/aromatic N) is 2. The van der Waals surface area contributed by atoms with Crippen molar-refractivity contribution in [1.29, 1.82) is 0 Å². The lowest BCUT2D eigenvalue weighted by molar-refractivity contribution is 0.0948. The summed E-state index contributed by atoms with van der Waals surface area (Å²) in [6.07, 6.45) is 0.780. The number of carbonyl (C=O) groups is 1. The van der Waals surface area contributed by atoms with Gasteiger partial charge in [-0.25, -0.2) is 9.97 Å². The highest BCUT2D eigenvalue weighted by Crippen LogP contribution is 2.22. The van der Waals surface area contributed by atoms with Gasteiger partial charge >= 0.3 is 0 Å². The summed E-state index contributed by atoms with van der Waals surface area (Å²) >= 11 is 0. The molecule has 0 bridgehead atoms. The molecule has 0 aliphatic rings. The second-order valence-corrected chi connectivity index (χ2v) is 6.36. The molecule has 0 saturated heterocycles. The molecule has 144 valence electrons. The number of hydrogen-bond acceptors (Lipinski definition) is 5. The van der Waals surface area contributed by atoms with Crippen LogP contribution in [0.5, 0.6) is 0 Å². The van der Waals surface area contributed by atoms with Crippen molar-refractivity contribution in [2.24, 2.45) is 0 Å². The molecule has 3 rings (SSSR count). The molecule has 0 radical (unpaired) electrons. The topological polar surface area (TPSA) is 76.1 Å². The first-order valence-electron chi connectivity index (χ1n) is 9.21.